The number of aromatic nitrogens is 2. The average Bonchev–Trinajstić information content (AvgIpc) is 2.89. The van der Waals surface area contributed by atoms with Crippen molar-refractivity contribution in [1.29, 1.82) is 0 Å². The smallest absolute Gasteiger partial charge is 0.246 e. The summed E-state index contributed by atoms with van der Waals surface area (Å²) in [4.78, 5) is 17.5. The molecular weight excluding hydrogens is 238 g/mol. The van der Waals surface area contributed by atoms with E-state index in [-0.39, 0.29) is 5.91 Å². The van der Waals surface area contributed by atoms with E-state index in [0.29, 0.717) is 0 Å². The van der Waals surface area contributed by atoms with Crippen LogP contribution in [0.5, 0.6) is 0 Å². The van der Waals surface area contributed by atoms with E-state index in [2.05, 4.69) is 4.98 Å². The number of nitrogens with zero attached hydrogens (tertiary/aromatic N) is 3. The summed E-state index contributed by atoms with van der Waals surface area (Å²) in [5, 5.41) is 0. The Kier molecular flexibility index (Phi) is 3.14. The normalized spacial score (nSPS) is 14.6. The van der Waals surface area contributed by atoms with Crippen LogP contribution >= 0.6 is 0 Å². The first kappa shape index (κ1) is 11.7. The van der Waals surface area contributed by atoms with E-state index in [1.807, 2.05) is 46.0 Å². The van der Waals surface area contributed by atoms with Crippen molar-refractivity contribution in [2.45, 2.75) is 6.42 Å². The van der Waals surface area contributed by atoms with Gasteiger partial charge in [-0.15, -0.1) is 0 Å². The molecule has 0 bridgehead atoms. The molecule has 2 aromatic rings. The molecule has 1 aromatic heterocycles. The van der Waals surface area contributed by atoms with Gasteiger partial charge in [0.05, 0.1) is 6.33 Å². The van der Waals surface area contributed by atoms with Gasteiger partial charge in [0.15, 0.2) is 0 Å². The van der Waals surface area contributed by atoms with E-state index in [1.165, 1.54) is 0 Å². The molecule has 0 atom stereocenters. The molecule has 0 aliphatic carbocycles. The third-order valence-corrected chi connectivity index (χ3v) is 3.28. The number of likely N-dealkylation sites (tertiary alicyclic amines) is 1. The lowest BCUT2D eigenvalue weighted by atomic mass is 10.1. The third kappa shape index (κ3) is 2.57. The van der Waals surface area contributed by atoms with Crippen LogP contribution in [0.3, 0.4) is 0 Å². The zero-order valence-corrected chi connectivity index (χ0v) is 10.6. The second-order valence-corrected chi connectivity index (χ2v) is 4.57. The molecule has 4 heteroatoms. The maximum atomic E-state index is 11.7. The third-order valence-electron chi connectivity index (χ3n) is 3.28. The molecule has 4 nitrogen and oxygen atoms in total. The van der Waals surface area contributed by atoms with E-state index < -0.39 is 0 Å². The molecule has 1 saturated heterocycles. The van der Waals surface area contributed by atoms with Crippen LogP contribution in [-0.2, 0) is 4.79 Å². The minimum absolute atomic E-state index is 0.102. The molecule has 0 saturated carbocycles. The maximum absolute atomic E-state index is 11.7. The van der Waals surface area contributed by atoms with E-state index in [1.54, 1.807) is 18.6 Å². The van der Waals surface area contributed by atoms with Crippen molar-refractivity contribution >= 4 is 12.0 Å². The van der Waals surface area contributed by atoms with Crippen LogP contribution in [0.2, 0.25) is 0 Å². The molecule has 0 spiro atoms. The zero-order valence-electron chi connectivity index (χ0n) is 10.6. The summed E-state index contributed by atoms with van der Waals surface area (Å²) >= 11 is 0. The summed E-state index contributed by atoms with van der Waals surface area (Å²) in [6.45, 7) is 1.78. The fraction of sp³-hybridized carbons (Fsp3) is 0.200. The van der Waals surface area contributed by atoms with Crippen LogP contribution in [0, 0.1) is 0 Å². The molecule has 0 unspecified atom stereocenters. The minimum Gasteiger partial charge on any atom is -0.339 e. The lowest BCUT2D eigenvalue weighted by Crippen LogP contribution is -2.40. The Balaban J connectivity index is 1.69. The lowest BCUT2D eigenvalue weighted by Gasteiger charge is -2.29. The molecule has 1 aromatic carbocycles. The topological polar surface area (TPSA) is 38.1 Å². The number of hydrogen-bond donors (Lipinski definition) is 0. The summed E-state index contributed by atoms with van der Waals surface area (Å²) in [7, 11) is 0. The Morgan fingerprint density at radius 1 is 1.21 bits per heavy atom. The van der Waals surface area contributed by atoms with Gasteiger partial charge in [-0.1, -0.05) is 12.1 Å². The molecule has 1 aliphatic heterocycles. The largest absolute Gasteiger partial charge is 0.339 e. The molecule has 0 N–H and O–H groups in total. The van der Waals surface area contributed by atoms with E-state index in [4.69, 9.17) is 0 Å². The number of benzene rings is 1. The van der Waals surface area contributed by atoms with Gasteiger partial charge in [0.25, 0.3) is 0 Å². The highest BCUT2D eigenvalue weighted by atomic mass is 16.2. The first-order valence-electron chi connectivity index (χ1n) is 6.38. The van der Waals surface area contributed by atoms with Crippen molar-refractivity contribution in [2.75, 3.05) is 13.1 Å². The molecular formula is C15H15N3O. The fourth-order valence-electron chi connectivity index (χ4n) is 1.98. The van der Waals surface area contributed by atoms with Gasteiger partial charge < -0.3 is 9.47 Å². The second kappa shape index (κ2) is 5.10. The van der Waals surface area contributed by atoms with Crippen molar-refractivity contribution in [3.63, 3.8) is 0 Å². The molecule has 19 heavy (non-hydrogen) atoms. The molecule has 2 heterocycles. The highest BCUT2D eigenvalue weighted by Gasteiger charge is 2.17. The molecule has 1 fully saturated rings. The van der Waals surface area contributed by atoms with Crippen LogP contribution in [0.15, 0.2) is 49.1 Å². The van der Waals surface area contributed by atoms with Crippen LogP contribution in [0.25, 0.3) is 11.8 Å². The number of imidazole rings is 1. The van der Waals surface area contributed by atoms with Crippen LogP contribution in [0.4, 0.5) is 0 Å². The fourth-order valence-corrected chi connectivity index (χ4v) is 1.98. The van der Waals surface area contributed by atoms with Gasteiger partial charge in [-0.05, 0) is 30.2 Å². The maximum Gasteiger partial charge on any atom is 0.246 e. The summed E-state index contributed by atoms with van der Waals surface area (Å²) in [5.74, 6) is 0.102. The van der Waals surface area contributed by atoms with Gasteiger partial charge in [0.2, 0.25) is 5.91 Å². The molecule has 0 radical (unpaired) electrons. The van der Waals surface area contributed by atoms with Gasteiger partial charge in [-0.25, -0.2) is 4.98 Å². The summed E-state index contributed by atoms with van der Waals surface area (Å²) in [6.07, 6.45) is 10.0. The summed E-state index contributed by atoms with van der Waals surface area (Å²) in [6, 6.07) is 8.01. The van der Waals surface area contributed by atoms with Crippen LogP contribution in [-0.4, -0.2) is 33.4 Å². The first-order valence-corrected chi connectivity index (χ1v) is 6.38. The first-order chi connectivity index (χ1) is 9.33. The number of hydrogen-bond acceptors (Lipinski definition) is 2. The van der Waals surface area contributed by atoms with Gasteiger partial charge in [0, 0.05) is 37.2 Å². The van der Waals surface area contributed by atoms with Gasteiger partial charge >= 0.3 is 0 Å². The van der Waals surface area contributed by atoms with Crippen molar-refractivity contribution < 1.29 is 4.79 Å². The number of carbonyl (C=O) groups is 1. The number of rotatable bonds is 3. The molecule has 3 rings (SSSR count). The standard InChI is InChI=1S/C15H15N3O/c19-15(17-9-1-10-17)7-4-13-2-5-14(6-3-13)18-11-8-16-12-18/h2-8,11-12H,1,9-10H2. The quantitative estimate of drug-likeness (QED) is 0.786. The average molecular weight is 253 g/mol. The Labute approximate surface area is 112 Å². The molecule has 1 aliphatic rings. The van der Waals surface area contributed by atoms with Crippen LogP contribution in [0.1, 0.15) is 12.0 Å². The van der Waals surface area contributed by atoms with Crippen molar-refractivity contribution in [3.8, 4) is 5.69 Å². The zero-order chi connectivity index (χ0) is 13.1. The Bertz CT molecular complexity index is 580. The number of carbonyl (C=O) groups excluding carboxylic acids is 1. The van der Waals surface area contributed by atoms with Crippen LogP contribution < -0.4 is 0 Å². The van der Waals surface area contributed by atoms with E-state index >= 15 is 0 Å². The van der Waals surface area contributed by atoms with E-state index in [9.17, 15) is 4.79 Å². The van der Waals surface area contributed by atoms with Crippen molar-refractivity contribution in [3.05, 3.63) is 54.6 Å². The summed E-state index contributed by atoms with van der Waals surface area (Å²) < 4.78 is 1.94. The van der Waals surface area contributed by atoms with E-state index in [0.717, 1.165) is 30.8 Å². The SMILES string of the molecule is O=C(C=Cc1ccc(-n2ccnc2)cc1)N1CCC1. The minimum atomic E-state index is 0.102. The molecule has 96 valence electrons. The lowest BCUT2D eigenvalue weighted by molar-refractivity contribution is -0.129. The highest BCUT2D eigenvalue weighted by Crippen LogP contribution is 2.11. The Hall–Kier alpha value is -2.36. The Morgan fingerprint density at radius 2 is 2.00 bits per heavy atom. The molecule has 1 amide bonds. The predicted molar refractivity (Wildman–Crippen MR) is 73.8 cm³/mol. The Morgan fingerprint density at radius 3 is 2.58 bits per heavy atom. The van der Waals surface area contributed by atoms with Gasteiger partial charge in [-0.3, -0.25) is 4.79 Å². The number of amides is 1. The van der Waals surface area contributed by atoms with Gasteiger partial charge in [-0.2, -0.15) is 0 Å². The van der Waals surface area contributed by atoms with Crippen molar-refractivity contribution in [2.24, 2.45) is 0 Å². The van der Waals surface area contributed by atoms with Gasteiger partial charge in [0.1, 0.15) is 0 Å². The van der Waals surface area contributed by atoms with Crippen molar-refractivity contribution in [1.82, 2.24) is 14.5 Å². The second-order valence-electron chi connectivity index (χ2n) is 4.57. The predicted octanol–water partition coefficient (Wildman–Crippen LogP) is 2.12. The summed E-state index contributed by atoms with van der Waals surface area (Å²) in [5.41, 5.74) is 2.08. The monoisotopic (exact) mass is 253 g/mol. The highest BCUT2D eigenvalue weighted by molar-refractivity contribution is 5.92.